The summed E-state index contributed by atoms with van der Waals surface area (Å²) < 4.78 is 0. The molecule has 1 aliphatic heterocycles. The molecule has 5 nitrogen and oxygen atoms in total. The van der Waals surface area contributed by atoms with E-state index in [4.69, 9.17) is 16.6 Å². The minimum Gasteiger partial charge on any atom is -0.349 e. The number of aliphatic imine (C=N–C) groups is 1. The first-order valence-electron chi connectivity index (χ1n) is 13.1. The Hall–Kier alpha value is -4.48. The first-order valence-corrected chi connectivity index (χ1v) is 13.5. The number of carbonyl (C=O) groups is 2. The van der Waals surface area contributed by atoms with Gasteiger partial charge < -0.3 is 5.32 Å². The van der Waals surface area contributed by atoms with Crippen LogP contribution in [0.15, 0.2) is 120 Å². The Balaban J connectivity index is 1.84. The third-order valence-electron chi connectivity index (χ3n) is 6.43. The molecule has 4 aromatic rings. The molecule has 1 unspecified atom stereocenters. The van der Waals surface area contributed by atoms with E-state index in [-0.39, 0.29) is 11.8 Å². The summed E-state index contributed by atoms with van der Waals surface area (Å²) >= 11 is 6.24. The topological polar surface area (TPSA) is 61.8 Å². The van der Waals surface area contributed by atoms with Crippen LogP contribution in [0.4, 0.5) is 5.69 Å². The van der Waals surface area contributed by atoms with Crippen LogP contribution in [0, 0.1) is 0 Å². The van der Waals surface area contributed by atoms with Crippen LogP contribution >= 0.6 is 11.6 Å². The second-order valence-electron chi connectivity index (χ2n) is 10.6. The largest absolute Gasteiger partial charge is 0.349 e. The number of rotatable bonds is 4. The van der Waals surface area contributed by atoms with E-state index in [1.165, 1.54) is 0 Å². The highest BCUT2D eigenvalue weighted by Crippen LogP contribution is 2.39. The molecule has 4 aromatic carbocycles. The summed E-state index contributed by atoms with van der Waals surface area (Å²) in [6, 6.07) is 32.6. The fraction of sp³-hybridized carbons (Fsp3) is 0.147. The number of halogens is 1. The zero-order chi connectivity index (χ0) is 28.3. The highest BCUT2D eigenvalue weighted by atomic mass is 35.5. The molecule has 6 heteroatoms. The fourth-order valence-electron chi connectivity index (χ4n) is 4.70. The minimum atomic E-state index is -0.980. The van der Waals surface area contributed by atoms with Gasteiger partial charge in [-0.2, -0.15) is 0 Å². The van der Waals surface area contributed by atoms with Gasteiger partial charge in [-0.05, 0) is 62.7 Å². The number of benzene rings is 4. The molecule has 0 radical (unpaired) electrons. The maximum absolute atomic E-state index is 14.5. The lowest BCUT2D eigenvalue weighted by Crippen LogP contribution is -2.49. The highest BCUT2D eigenvalue weighted by molar-refractivity contribution is 6.30. The van der Waals surface area contributed by atoms with Gasteiger partial charge in [-0.25, -0.2) is 4.99 Å². The molecular weight excluding hydrogens is 518 g/mol. The molecule has 1 heterocycles. The molecule has 2 amide bonds. The van der Waals surface area contributed by atoms with Crippen LogP contribution in [0.1, 0.15) is 53.9 Å². The van der Waals surface area contributed by atoms with Gasteiger partial charge in [0.1, 0.15) is 6.04 Å². The molecule has 200 valence electrons. The second kappa shape index (κ2) is 11.3. The van der Waals surface area contributed by atoms with Gasteiger partial charge in [0.25, 0.3) is 5.91 Å². The van der Waals surface area contributed by atoms with E-state index >= 15 is 0 Å². The Labute approximate surface area is 239 Å². The predicted octanol–water partition coefficient (Wildman–Crippen LogP) is 7.61. The molecule has 0 saturated heterocycles. The molecule has 0 aromatic heterocycles. The van der Waals surface area contributed by atoms with Crippen LogP contribution in [0.25, 0.3) is 6.08 Å². The number of allylic oxidation sites excluding steroid dienone is 1. The average molecular weight is 548 g/mol. The molecule has 0 saturated carbocycles. The van der Waals surface area contributed by atoms with Crippen molar-refractivity contribution in [2.45, 2.75) is 32.4 Å². The number of hydrogen-bond donors (Lipinski definition) is 1. The number of carbonyl (C=O) groups excluding carboxylic acids is 2. The zero-order valence-electron chi connectivity index (χ0n) is 22.6. The van der Waals surface area contributed by atoms with Crippen molar-refractivity contribution in [2.75, 3.05) is 0 Å². The van der Waals surface area contributed by atoms with Gasteiger partial charge in [0.2, 0.25) is 5.91 Å². The van der Waals surface area contributed by atoms with Gasteiger partial charge in [0.15, 0.2) is 0 Å². The number of para-hydroxylation sites is 1. The molecule has 5 rings (SSSR count). The fourth-order valence-corrected chi connectivity index (χ4v) is 4.82. The molecule has 0 bridgehead atoms. The van der Waals surface area contributed by atoms with Crippen molar-refractivity contribution in [1.82, 2.24) is 10.2 Å². The van der Waals surface area contributed by atoms with Gasteiger partial charge in [0.05, 0.1) is 17.1 Å². The van der Waals surface area contributed by atoms with Gasteiger partial charge in [0, 0.05) is 27.3 Å². The molecule has 1 N–H and O–H groups in total. The first-order chi connectivity index (χ1) is 19.2. The van der Waals surface area contributed by atoms with Gasteiger partial charge in [-0.3, -0.25) is 14.5 Å². The SMILES string of the molecule is CC(C)(C)NC(=O)C1c2ccccc2N=C(c2ccc(Cl)cc2)/C(=C/c2ccccc2)N1C(=O)c1ccccc1. The van der Waals surface area contributed by atoms with Gasteiger partial charge in [-0.1, -0.05) is 90.5 Å². The standard InChI is InChI=1S/C34H30ClN3O2/c1-34(2,3)37-32(39)31-27-16-10-11-17-28(27)36-30(24-18-20-26(35)21-19-24)29(22-23-12-6-4-7-13-23)38(31)33(40)25-14-8-5-9-15-25/h4-22,31H,1-3H3,(H,37,39)/b29-22-. The average Bonchev–Trinajstić information content (AvgIpc) is 3.08. The molecule has 1 aliphatic rings. The van der Waals surface area contributed by atoms with Crippen molar-refractivity contribution < 1.29 is 9.59 Å². The van der Waals surface area contributed by atoms with Gasteiger partial charge in [-0.15, -0.1) is 0 Å². The summed E-state index contributed by atoms with van der Waals surface area (Å²) in [6.07, 6.45) is 1.91. The van der Waals surface area contributed by atoms with Crippen molar-refractivity contribution >= 4 is 40.9 Å². The Bertz CT molecular complexity index is 1590. The summed E-state index contributed by atoms with van der Waals surface area (Å²) in [5.74, 6) is -0.606. The molecule has 0 spiro atoms. The van der Waals surface area contributed by atoms with Crippen molar-refractivity contribution in [3.05, 3.63) is 142 Å². The summed E-state index contributed by atoms with van der Waals surface area (Å²) in [4.78, 5) is 35.4. The maximum atomic E-state index is 14.5. The Morgan fingerprint density at radius 1 is 0.825 bits per heavy atom. The lowest BCUT2D eigenvalue weighted by atomic mass is 9.97. The van der Waals surface area contributed by atoms with E-state index in [0.717, 1.165) is 11.1 Å². The molecule has 1 atom stereocenters. The van der Waals surface area contributed by atoms with Crippen molar-refractivity contribution in [1.29, 1.82) is 0 Å². The van der Waals surface area contributed by atoms with E-state index in [9.17, 15) is 9.59 Å². The van der Waals surface area contributed by atoms with Crippen LogP contribution in [-0.2, 0) is 4.79 Å². The van der Waals surface area contributed by atoms with Crippen molar-refractivity contribution in [3.8, 4) is 0 Å². The quantitative estimate of drug-likeness (QED) is 0.286. The third-order valence-corrected chi connectivity index (χ3v) is 6.68. The van der Waals surface area contributed by atoms with Crippen LogP contribution in [0.2, 0.25) is 5.02 Å². The molecule has 0 aliphatic carbocycles. The molecular formula is C34H30ClN3O2. The summed E-state index contributed by atoms with van der Waals surface area (Å²) in [7, 11) is 0. The minimum absolute atomic E-state index is 0.296. The van der Waals surface area contributed by atoms with Gasteiger partial charge >= 0.3 is 0 Å². The third kappa shape index (κ3) is 5.90. The molecule has 0 fully saturated rings. The maximum Gasteiger partial charge on any atom is 0.259 e. The van der Waals surface area contributed by atoms with E-state index < -0.39 is 11.6 Å². The number of fused-ring (bicyclic) bond motifs is 1. The number of hydrogen-bond acceptors (Lipinski definition) is 3. The van der Waals surface area contributed by atoms with Crippen molar-refractivity contribution in [3.63, 3.8) is 0 Å². The summed E-state index contributed by atoms with van der Waals surface area (Å²) in [6.45, 7) is 5.77. The van der Waals surface area contributed by atoms with E-state index in [2.05, 4.69) is 5.32 Å². The highest BCUT2D eigenvalue weighted by Gasteiger charge is 2.40. The smallest absolute Gasteiger partial charge is 0.259 e. The van der Waals surface area contributed by atoms with Crippen molar-refractivity contribution in [2.24, 2.45) is 4.99 Å². The number of amides is 2. The van der Waals surface area contributed by atoms with E-state index in [0.29, 0.717) is 33.2 Å². The zero-order valence-corrected chi connectivity index (χ0v) is 23.4. The monoisotopic (exact) mass is 547 g/mol. The normalized spacial score (nSPS) is 16.1. The van der Waals surface area contributed by atoms with Crippen LogP contribution in [0.3, 0.4) is 0 Å². The van der Waals surface area contributed by atoms with Crippen LogP contribution in [-0.4, -0.2) is 28.0 Å². The predicted molar refractivity (Wildman–Crippen MR) is 162 cm³/mol. The Morgan fingerprint density at radius 2 is 1.43 bits per heavy atom. The summed E-state index contributed by atoms with van der Waals surface area (Å²) in [5.41, 5.74) is 3.89. The first kappa shape index (κ1) is 27.1. The van der Waals surface area contributed by atoms with Crippen LogP contribution < -0.4 is 5.32 Å². The number of nitrogens with one attached hydrogen (secondary N) is 1. The van der Waals surface area contributed by atoms with Crippen LogP contribution in [0.5, 0.6) is 0 Å². The van der Waals surface area contributed by atoms with E-state index in [1.54, 1.807) is 29.2 Å². The molecule has 40 heavy (non-hydrogen) atoms. The summed E-state index contributed by atoms with van der Waals surface area (Å²) in [5, 5.41) is 3.70. The number of nitrogens with zero attached hydrogens (tertiary/aromatic N) is 2. The van der Waals surface area contributed by atoms with E-state index in [1.807, 2.05) is 112 Å². The lowest BCUT2D eigenvalue weighted by Gasteiger charge is -2.34. The lowest BCUT2D eigenvalue weighted by molar-refractivity contribution is -0.126. The Kier molecular flexibility index (Phi) is 7.67. The Morgan fingerprint density at radius 3 is 2.08 bits per heavy atom. The second-order valence-corrected chi connectivity index (χ2v) is 11.1.